The van der Waals surface area contributed by atoms with E-state index in [9.17, 15) is 4.79 Å². The van der Waals surface area contributed by atoms with Crippen molar-refractivity contribution >= 4 is 16.9 Å². The third-order valence-corrected chi connectivity index (χ3v) is 4.61. The molecular weight excluding hydrogens is 314 g/mol. The third kappa shape index (κ3) is 2.88. The molecule has 3 rings (SSSR count). The fraction of sp³-hybridized carbons (Fsp3) is 0.286. The number of hydrogen-bond donors (Lipinski definition) is 0. The number of nitrogens with zero attached hydrogens (tertiary/aromatic N) is 1. The van der Waals surface area contributed by atoms with Crippen LogP contribution in [-0.2, 0) is 4.74 Å². The van der Waals surface area contributed by atoms with E-state index < -0.39 is 0 Å². The number of carbonyl (C=O) groups is 1. The van der Waals surface area contributed by atoms with E-state index in [0.717, 1.165) is 27.9 Å². The predicted octanol–water partition coefficient (Wildman–Crippen LogP) is 4.74. The zero-order valence-electron chi connectivity index (χ0n) is 15.1. The van der Waals surface area contributed by atoms with Gasteiger partial charge in [0.2, 0.25) is 0 Å². The van der Waals surface area contributed by atoms with Crippen molar-refractivity contribution < 1.29 is 14.3 Å². The number of para-hydroxylation sites is 2. The lowest BCUT2D eigenvalue weighted by Crippen LogP contribution is -2.12. The first-order valence-electron chi connectivity index (χ1n) is 8.49. The summed E-state index contributed by atoms with van der Waals surface area (Å²) in [4.78, 5) is 12.5. The fourth-order valence-corrected chi connectivity index (χ4v) is 3.50. The summed E-state index contributed by atoms with van der Waals surface area (Å²) in [6.07, 6.45) is 0. The van der Waals surface area contributed by atoms with Crippen LogP contribution in [0.2, 0.25) is 0 Å². The SMILES string of the molecule is CCOC(=O)c1c(C)n(C(C)c2ccccc2OC)c2ccccc12. The molecule has 0 saturated heterocycles. The van der Waals surface area contributed by atoms with Gasteiger partial charge >= 0.3 is 5.97 Å². The summed E-state index contributed by atoms with van der Waals surface area (Å²) in [5.41, 5.74) is 3.63. The van der Waals surface area contributed by atoms with Gasteiger partial charge in [-0.2, -0.15) is 0 Å². The molecular formula is C21H23NO3. The number of ether oxygens (including phenoxy) is 2. The van der Waals surface area contributed by atoms with E-state index in [1.54, 1.807) is 7.11 Å². The van der Waals surface area contributed by atoms with Gasteiger partial charge in [-0.25, -0.2) is 4.79 Å². The van der Waals surface area contributed by atoms with E-state index in [2.05, 4.69) is 17.6 Å². The Morgan fingerprint density at radius 1 is 1.12 bits per heavy atom. The molecule has 4 nitrogen and oxygen atoms in total. The summed E-state index contributed by atoms with van der Waals surface area (Å²) < 4.78 is 13.0. The van der Waals surface area contributed by atoms with Crippen LogP contribution < -0.4 is 4.74 Å². The molecule has 0 aliphatic carbocycles. The maximum Gasteiger partial charge on any atom is 0.340 e. The topological polar surface area (TPSA) is 40.5 Å². The molecule has 0 amide bonds. The second kappa shape index (κ2) is 7.01. The third-order valence-electron chi connectivity index (χ3n) is 4.61. The Bertz CT molecular complexity index is 911. The Hall–Kier alpha value is -2.75. The zero-order valence-corrected chi connectivity index (χ0v) is 15.1. The van der Waals surface area contributed by atoms with Crippen LogP contribution in [0.25, 0.3) is 10.9 Å². The van der Waals surface area contributed by atoms with Crippen molar-refractivity contribution in [1.29, 1.82) is 0 Å². The maximum absolute atomic E-state index is 12.5. The Morgan fingerprint density at radius 3 is 2.52 bits per heavy atom. The summed E-state index contributed by atoms with van der Waals surface area (Å²) in [6.45, 7) is 6.27. The quantitative estimate of drug-likeness (QED) is 0.631. The van der Waals surface area contributed by atoms with Crippen molar-refractivity contribution in [3.05, 3.63) is 65.4 Å². The van der Waals surface area contributed by atoms with Crippen LogP contribution in [0.5, 0.6) is 5.75 Å². The first-order valence-corrected chi connectivity index (χ1v) is 8.49. The van der Waals surface area contributed by atoms with E-state index in [-0.39, 0.29) is 12.0 Å². The fourth-order valence-electron chi connectivity index (χ4n) is 3.50. The van der Waals surface area contributed by atoms with E-state index in [0.29, 0.717) is 12.2 Å². The Balaban J connectivity index is 2.23. The summed E-state index contributed by atoms with van der Waals surface area (Å²) >= 11 is 0. The lowest BCUT2D eigenvalue weighted by atomic mass is 10.1. The first kappa shape index (κ1) is 17.1. The van der Waals surface area contributed by atoms with Gasteiger partial charge < -0.3 is 14.0 Å². The minimum absolute atomic E-state index is 0.0178. The molecule has 0 fully saturated rings. The normalized spacial score (nSPS) is 12.2. The number of aromatic nitrogens is 1. The van der Waals surface area contributed by atoms with Crippen molar-refractivity contribution in [2.24, 2.45) is 0 Å². The smallest absolute Gasteiger partial charge is 0.340 e. The van der Waals surface area contributed by atoms with Crippen LogP contribution in [0.3, 0.4) is 0 Å². The number of methoxy groups -OCH3 is 1. The molecule has 0 saturated carbocycles. The molecule has 0 aliphatic heterocycles. The number of rotatable bonds is 5. The van der Waals surface area contributed by atoms with E-state index in [4.69, 9.17) is 9.47 Å². The van der Waals surface area contributed by atoms with Crippen LogP contribution in [0.1, 0.15) is 41.5 Å². The summed E-state index contributed by atoms with van der Waals surface area (Å²) in [5, 5.41) is 0.917. The lowest BCUT2D eigenvalue weighted by Gasteiger charge is -2.20. The Labute approximate surface area is 148 Å². The highest BCUT2D eigenvalue weighted by Crippen LogP contribution is 2.35. The number of fused-ring (bicyclic) bond motifs is 1. The van der Waals surface area contributed by atoms with Gasteiger partial charge in [-0.3, -0.25) is 0 Å². The first-order chi connectivity index (χ1) is 12.1. The van der Waals surface area contributed by atoms with Gasteiger partial charge in [0.15, 0.2) is 0 Å². The van der Waals surface area contributed by atoms with Crippen molar-refractivity contribution in [1.82, 2.24) is 4.57 Å². The average molecular weight is 337 g/mol. The van der Waals surface area contributed by atoms with Crippen LogP contribution in [0, 0.1) is 6.92 Å². The monoisotopic (exact) mass is 337 g/mol. The molecule has 0 N–H and O–H groups in total. The number of carbonyl (C=O) groups excluding carboxylic acids is 1. The predicted molar refractivity (Wildman–Crippen MR) is 99.4 cm³/mol. The molecule has 0 bridgehead atoms. The molecule has 1 aromatic heterocycles. The van der Waals surface area contributed by atoms with Gasteiger partial charge in [-0.05, 0) is 32.9 Å². The van der Waals surface area contributed by atoms with Gasteiger partial charge in [0.25, 0.3) is 0 Å². The minimum Gasteiger partial charge on any atom is -0.496 e. The van der Waals surface area contributed by atoms with E-state index in [1.807, 2.05) is 56.3 Å². The Morgan fingerprint density at radius 2 is 1.80 bits per heavy atom. The van der Waals surface area contributed by atoms with Gasteiger partial charge in [-0.1, -0.05) is 36.4 Å². The molecule has 0 aliphatic rings. The van der Waals surface area contributed by atoms with Gasteiger partial charge in [0.05, 0.1) is 25.3 Å². The highest BCUT2D eigenvalue weighted by Gasteiger charge is 2.24. The molecule has 2 aromatic carbocycles. The van der Waals surface area contributed by atoms with Gasteiger partial charge in [-0.15, -0.1) is 0 Å². The lowest BCUT2D eigenvalue weighted by molar-refractivity contribution is 0.0527. The van der Waals surface area contributed by atoms with Crippen LogP contribution in [0.4, 0.5) is 0 Å². The standard InChI is InChI=1S/C21H23NO3/c1-5-25-21(23)20-15(3)22(18-12-8-6-11-17(18)20)14(2)16-10-7-9-13-19(16)24-4/h6-14H,5H2,1-4H3. The van der Waals surface area contributed by atoms with Gasteiger partial charge in [0, 0.05) is 22.2 Å². The second-order valence-corrected chi connectivity index (χ2v) is 5.99. The van der Waals surface area contributed by atoms with Gasteiger partial charge in [0.1, 0.15) is 5.75 Å². The van der Waals surface area contributed by atoms with Crippen molar-refractivity contribution in [2.45, 2.75) is 26.8 Å². The molecule has 4 heteroatoms. The molecule has 130 valence electrons. The van der Waals surface area contributed by atoms with Crippen LogP contribution in [-0.4, -0.2) is 24.3 Å². The summed E-state index contributed by atoms with van der Waals surface area (Å²) in [5.74, 6) is 0.562. The molecule has 0 spiro atoms. The zero-order chi connectivity index (χ0) is 18.0. The molecule has 1 atom stereocenters. The molecule has 0 radical (unpaired) electrons. The molecule has 25 heavy (non-hydrogen) atoms. The molecule has 1 heterocycles. The average Bonchev–Trinajstić information content (AvgIpc) is 2.93. The van der Waals surface area contributed by atoms with E-state index >= 15 is 0 Å². The van der Waals surface area contributed by atoms with Crippen LogP contribution >= 0.6 is 0 Å². The molecule has 3 aromatic rings. The minimum atomic E-state index is -0.276. The number of benzene rings is 2. The summed E-state index contributed by atoms with van der Waals surface area (Å²) in [6, 6.07) is 15.9. The van der Waals surface area contributed by atoms with Crippen LogP contribution in [0.15, 0.2) is 48.5 Å². The van der Waals surface area contributed by atoms with Crippen molar-refractivity contribution in [3.63, 3.8) is 0 Å². The summed E-state index contributed by atoms with van der Waals surface area (Å²) in [7, 11) is 1.68. The van der Waals surface area contributed by atoms with E-state index in [1.165, 1.54) is 0 Å². The number of esters is 1. The Kier molecular flexibility index (Phi) is 4.79. The number of hydrogen-bond acceptors (Lipinski definition) is 3. The highest BCUT2D eigenvalue weighted by molar-refractivity contribution is 6.06. The largest absolute Gasteiger partial charge is 0.496 e. The van der Waals surface area contributed by atoms with Crippen molar-refractivity contribution in [2.75, 3.05) is 13.7 Å². The van der Waals surface area contributed by atoms with Crippen molar-refractivity contribution in [3.8, 4) is 5.75 Å². The maximum atomic E-state index is 12.5. The second-order valence-electron chi connectivity index (χ2n) is 5.99. The highest BCUT2D eigenvalue weighted by atomic mass is 16.5. The molecule has 1 unspecified atom stereocenters.